The number of carbonyl (C=O) groups is 1. The van der Waals surface area contributed by atoms with E-state index in [-0.39, 0.29) is 11.4 Å². The number of ether oxygens (including phenoxy) is 1. The van der Waals surface area contributed by atoms with E-state index in [9.17, 15) is 17.8 Å². The highest BCUT2D eigenvalue weighted by atomic mass is 32.2. The minimum atomic E-state index is -4.60. The number of hydrogen-bond acceptors (Lipinski definition) is 6. The Balaban J connectivity index is 1.71. The maximum Gasteiger partial charge on any atom is 0.330 e. The summed E-state index contributed by atoms with van der Waals surface area (Å²) < 4.78 is 39.7. The van der Waals surface area contributed by atoms with Crippen molar-refractivity contribution in [2.75, 3.05) is 11.9 Å². The van der Waals surface area contributed by atoms with E-state index in [1.807, 2.05) is 12.1 Å². The Morgan fingerprint density at radius 2 is 1.69 bits per heavy atom. The summed E-state index contributed by atoms with van der Waals surface area (Å²) in [6.45, 7) is 4.15. The lowest BCUT2D eigenvalue weighted by Crippen LogP contribution is -2.19. The van der Waals surface area contributed by atoms with Crippen molar-refractivity contribution in [2.45, 2.75) is 31.1 Å². The first kappa shape index (κ1) is 20.8. The number of esters is 1. The first-order valence-corrected chi connectivity index (χ1v) is 10.7. The number of fused-ring (bicyclic) bond motifs is 1. The summed E-state index contributed by atoms with van der Waals surface area (Å²) in [6.07, 6.45) is 1.03. The minimum Gasteiger partial charge on any atom is -0.744 e. The molecule has 0 amide bonds. The standard InChI is InChI=1S/C22H23NO5S/c1-3-15(2)16-8-10-17(11-9-16)28-22(24)14-23-20-12-13-21(29(25,26)27)19-7-5-4-6-18(19)20/h4-13,15,23H,3,14H2,1-2H3,(H,25,26,27)/p-1. The van der Waals surface area contributed by atoms with Gasteiger partial charge in [-0.2, -0.15) is 0 Å². The van der Waals surface area contributed by atoms with E-state index in [1.54, 1.807) is 36.4 Å². The average molecular weight is 412 g/mol. The lowest BCUT2D eigenvalue weighted by Gasteiger charge is -2.15. The summed E-state index contributed by atoms with van der Waals surface area (Å²) in [4.78, 5) is 11.9. The van der Waals surface area contributed by atoms with Crippen LogP contribution in [-0.4, -0.2) is 25.5 Å². The quantitative estimate of drug-likeness (QED) is 0.354. The van der Waals surface area contributed by atoms with Crippen molar-refractivity contribution in [1.29, 1.82) is 0 Å². The zero-order chi connectivity index (χ0) is 21.0. The molecule has 1 N–H and O–H groups in total. The first-order valence-electron chi connectivity index (χ1n) is 9.31. The van der Waals surface area contributed by atoms with Crippen LogP contribution in [0.2, 0.25) is 0 Å². The molecule has 6 nitrogen and oxygen atoms in total. The molecule has 0 bridgehead atoms. The molecule has 0 radical (unpaired) electrons. The summed E-state index contributed by atoms with van der Waals surface area (Å²) in [6, 6.07) is 16.8. The van der Waals surface area contributed by atoms with Crippen LogP contribution in [-0.2, 0) is 14.9 Å². The molecule has 0 saturated carbocycles. The lowest BCUT2D eigenvalue weighted by molar-refractivity contribution is -0.132. The van der Waals surface area contributed by atoms with Crippen LogP contribution in [0, 0.1) is 0 Å². The maximum atomic E-state index is 12.2. The first-order chi connectivity index (χ1) is 13.8. The second kappa shape index (κ2) is 8.63. The number of hydrogen-bond donors (Lipinski definition) is 1. The van der Waals surface area contributed by atoms with Crippen molar-refractivity contribution in [3.63, 3.8) is 0 Å². The zero-order valence-corrected chi connectivity index (χ0v) is 17.0. The van der Waals surface area contributed by atoms with Crippen molar-refractivity contribution in [3.8, 4) is 5.75 Å². The molecule has 0 aromatic heterocycles. The Kier molecular flexibility index (Phi) is 6.20. The maximum absolute atomic E-state index is 12.2. The molecule has 0 aliphatic heterocycles. The molecular formula is C22H22NO5S-. The van der Waals surface area contributed by atoms with Gasteiger partial charge in [0.2, 0.25) is 0 Å². The summed E-state index contributed by atoms with van der Waals surface area (Å²) in [5.74, 6) is 0.419. The number of benzene rings is 3. The van der Waals surface area contributed by atoms with Crippen LogP contribution >= 0.6 is 0 Å². The summed E-state index contributed by atoms with van der Waals surface area (Å²) in [5, 5.41) is 3.80. The second-order valence-electron chi connectivity index (χ2n) is 6.82. The molecule has 7 heteroatoms. The lowest BCUT2D eigenvalue weighted by atomic mass is 9.99. The largest absolute Gasteiger partial charge is 0.744 e. The number of anilines is 1. The molecule has 152 valence electrons. The van der Waals surface area contributed by atoms with Crippen molar-refractivity contribution in [2.24, 2.45) is 0 Å². The van der Waals surface area contributed by atoms with E-state index in [2.05, 4.69) is 19.2 Å². The highest BCUT2D eigenvalue weighted by molar-refractivity contribution is 7.86. The van der Waals surface area contributed by atoms with Gasteiger partial charge in [-0.25, -0.2) is 13.2 Å². The van der Waals surface area contributed by atoms with Gasteiger partial charge in [0.05, 0.1) is 4.90 Å². The molecular weight excluding hydrogens is 390 g/mol. The minimum absolute atomic E-state index is 0.111. The van der Waals surface area contributed by atoms with Crippen molar-refractivity contribution in [3.05, 3.63) is 66.2 Å². The Labute approximate surface area is 170 Å². The number of carbonyl (C=O) groups excluding carboxylic acids is 1. The van der Waals surface area contributed by atoms with E-state index in [0.29, 0.717) is 28.1 Å². The van der Waals surface area contributed by atoms with Crippen LogP contribution in [0.5, 0.6) is 5.75 Å². The van der Waals surface area contributed by atoms with Gasteiger partial charge in [-0.3, -0.25) is 0 Å². The third-order valence-electron chi connectivity index (χ3n) is 4.87. The van der Waals surface area contributed by atoms with Gasteiger partial charge in [0.15, 0.2) is 0 Å². The van der Waals surface area contributed by atoms with Gasteiger partial charge < -0.3 is 14.6 Å². The SMILES string of the molecule is CCC(C)c1ccc(OC(=O)CNc2ccc(S(=O)(=O)[O-])c3ccccc23)cc1. The molecule has 0 aliphatic carbocycles. The summed E-state index contributed by atoms with van der Waals surface area (Å²) >= 11 is 0. The molecule has 3 aromatic carbocycles. The molecule has 3 aromatic rings. The van der Waals surface area contributed by atoms with E-state index >= 15 is 0 Å². The number of rotatable bonds is 7. The van der Waals surface area contributed by atoms with Gasteiger partial charge in [0.25, 0.3) is 0 Å². The van der Waals surface area contributed by atoms with E-state index in [0.717, 1.165) is 6.42 Å². The van der Waals surface area contributed by atoms with Gasteiger partial charge >= 0.3 is 5.97 Å². The van der Waals surface area contributed by atoms with Crippen LogP contribution in [0.3, 0.4) is 0 Å². The van der Waals surface area contributed by atoms with Crippen molar-refractivity contribution < 1.29 is 22.5 Å². The highest BCUT2D eigenvalue weighted by Crippen LogP contribution is 2.29. The molecule has 0 heterocycles. The van der Waals surface area contributed by atoms with Crippen LogP contribution < -0.4 is 10.1 Å². The van der Waals surface area contributed by atoms with Gasteiger partial charge in [0.1, 0.15) is 22.4 Å². The van der Waals surface area contributed by atoms with E-state index < -0.39 is 16.1 Å². The van der Waals surface area contributed by atoms with E-state index in [1.165, 1.54) is 17.7 Å². The third kappa shape index (κ3) is 4.93. The second-order valence-corrected chi connectivity index (χ2v) is 8.16. The fourth-order valence-corrected chi connectivity index (χ4v) is 3.76. The Bertz CT molecular complexity index is 1120. The van der Waals surface area contributed by atoms with Crippen LogP contribution in [0.4, 0.5) is 5.69 Å². The fourth-order valence-electron chi connectivity index (χ4n) is 3.08. The third-order valence-corrected chi connectivity index (χ3v) is 5.76. The van der Waals surface area contributed by atoms with Crippen LogP contribution in [0.1, 0.15) is 31.7 Å². The fraction of sp³-hybridized carbons (Fsp3) is 0.227. The molecule has 0 saturated heterocycles. The van der Waals surface area contributed by atoms with Gasteiger partial charge in [-0.05, 0) is 42.2 Å². The average Bonchev–Trinajstić information content (AvgIpc) is 2.71. The number of nitrogens with one attached hydrogen (secondary N) is 1. The van der Waals surface area contributed by atoms with Crippen molar-refractivity contribution >= 4 is 32.5 Å². The zero-order valence-electron chi connectivity index (χ0n) is 16.2. The van der Waals surface area contributed by atoms with Gasteiger partial charge in [-0.15, -0.1) is 0 Å². The molecule has 1 atom stereocenters. The molecule has 3 rings (SSSR count). The molecule has 1 unspecified atom stereocenters. The van der Waals surface area contributed by atoms with Crippen LogP contribution in [0.15, 0.2) is 65.6 Å². The van der Waals surface area contributed by atoms with Crippen molar-refractivity contribution in [1.82, 2.24) is 0 Å². The van der Waals surface area contributed by atoms with Crippen LogP contribution in [0.25, 0.3) is 10.8 Å². The topological polar surface area (TPSA) is 95.5 Å². The Morgan fingerprint density at radius 3 is 2.31 bits per heavy atom. The molecule has 0 aliphatic rings. The normalized spacial score (nSPS) is 12.5. The predicted octanol–water partition coefficient (Wildman–Crippen LogP) is 4.27. The smallest absolute Gasteiger partial charge is 0.330 e. The monoisotopic (exact) mass is 412 g/mol. The highest BCUT2D eigenvalue weighted by Gasteiger charge is 2.12. The molecule has 0 spiro atoms. The Morgan fingerprint density at radius 1 is 1.03 bits per heavy atom. The molecule has 0 fully saturated rings. The predicted molar refractivity (Wildman–Crippen MR) is 111 cm³/mol. The summed E-state index contributed by atoms with van der Waals surface area (Å²) in [7, 11) is -4.60. The van der Waals surface area contributed by atoms with Gasteiger partial charge in [-0.1, -0.05) is 50.2 Å². The van der Waals surface area contributed by atoms with E-state index in [4.69, 9.17) is 4.74 Å². The summed E-state index contributed by atoms with van der Waals surface area (Å²) in [5.41, 5.74) is 1.72. The Hall–Kier alpha value is -2.90. The molecule has 29 heavy (non-hydrogen) atoms. The van der Waals surface area contributed by atoms with Gasteiger partial charge in [0, 0.05) is 16.5 Å².